The molecule has 4 atom stereocenters. The van der Waals surface area contributed by atoms with Gasteiger partial charge in [-0.3, -0.25) is 18.8 Å². The summed E-state index contributed by atoms with van der Waals surface area (Å²) in [6.07, 6.45) is 0.775. The Hall–Kier alpha value is -3.68. The average Bonchev–Trinajstić information content (AvgIpc) is 3.79. The van der Waals surface area contributed by atoms with Crippen molar-refractivity contribution in [1.29, 1.82) is 0 Å². The zero-order valence-corrected chi connectivity index (χ0v) is 27.1. The van der Waals surface area contributed by atoms with Crippen molar-refractivity contribution in [2.24, 2.45) is 0 Å². The molecular formula is C29H32F3N3O10P2. The molecule has 2 unspecified atom stereocenters. The van der Waals surface area contributed by atoms with Crippen molar-refractivity contribution in [1.82, 2.24) is 9.47 Å². The molecule has 1 aliphatic heterocycles. The molecule has 4 N–H and O–H groups in total. The van der Waals surface area contributed by atoms with E-state index in [0.29, 0.717) is 18.4 Å². The first kappa shape index (κ1) is 34.6. The van der Waals surface area contributed by atoms with Crippen molar-refractivity contribution in [2.75, 3.05) is 24.7 Å². The number of nitrogens with zero attached hydrogens (tertiary/aromatic N) is 3. The predicted octanol–water partition coefficient (Wildman–Crippen LogP) is 4.50. The number of ether oxygens (including phenoxy) is 1. The van der Waals surface area contributed by atoms with Crippen molar-refractivity contribution in [3.8, 4) is 5.75 Å². The number of carbonyl (C=O) groups is 2. The van der Waals surface area contributed by atoms with Crippen molar-refractivity contribution in [3.63, 3.8) is 0 Å². The fraction of sp³-hybridized carbons (Fsp3) is 0.414. The maximum Gasteiger partial charge on any atom is 0.415 e. The first-order chi connectivity index (χ1) is 21.8. The van der Waals surface area contributed by atoms with E-state index in [1.165, 1.54) is 38.6 Å². The van der Waals surface area contributed by atoms with Crippen LogP contribution in [0.3, 0.4) is 0 Å². The summed E-state index contributed by atoms with van der Waals surface area (Å²) in [7, 11) is -9.06. The largest absolute Gasteiger partial charge is 0.477 e. The summed E-state index contributed by atoms with van der Waals surface area (Å²) in [4.78, 5) is 69.0. The standard InChI is InChI=1S/C29H32F3N3O10P2/c1-14-11-33(26-23(31)22(30)21-25(24(26)32)34(17-6-7-17)13-19(27(21)36)28(37)38)12-15(2)35(14)29(39)45-18-8-4-16(5-9-18)10-20(46(3,40)41)47(42,43)44/h4-5,8-9,13-15,17,20H,6-7,10-12H2,1-3H3,(H,37,38)(H,40,41)(H2,42,43,44)/t14-,15+,20?. The second-order valence-corrected chi connectivity index (χ2v) is 16.8. The van der Waals surface area contributed by atoms with Crippen LogP contribution in [-0.4, -0.2) is 78.6 Å². The monoisotopic (exact) mass is 701 g/mol. The van der Waals surface area contributed by atoms with Crippen LogP contribution in [0.5, 0.6) is 5.75 Å². The zero-order chi connectivity index (χ0) is 34.7. The highest BCUT2D eigenvalue weighted by Gasteiger charge is 2.41. The summed E-state index contributed by atoms with van der Waals surface area (Å²) in [6, 6.07) is 3.60. The first-order valence-electron chi connectivity index (χ1n) is 14.5. The quantitative estimate of drug-likeness (QED) is 0.191. The Bertz CT molecular complexity index is 1890. The summed E-state index contributed by atoms with van der Waals surface area (Å²) in [5, 5.41) is 6.65. The van der Waals surface area contributed by atoms with Gasteiger partial charge in [0.2, 0.25) is 12.8 Å². The van der Waals surface area contributed by atoms with E-state index in [1.54, 1.807) is 13.8 Å². The Kier molecular flexibility index (Phi) is 9.14. The molecule has 1 aromatic heterocycles. The van der Waals surface area contributed by atoms with E-state index in [-0.39, 0.29) is 18.8 Å². The molecule has 0 spiro atoms. The fourth-order valence-electron chi connectivity index (χ4n) is 6.04. The number of halogens is 3. The van der Waals surface area contributed by atoms with Crippen molar-refractivity contribution in [3.05, 3.63) is 69.3 Å². The predicted molar refractivity (Wildman–Crippen MR) is 164 cm³/mol. The van der Waals surface area contributed by atoms with Crippen LogP contribution in [0.1, 0.15) is 48.7 Å². The number of carboxylic acid groups (broad SMARTS) is 1. The molecule has 254 valence electrons. The minimum atomic E-state index is -4.90. The third-order valence-corrected chi connectivity index (χ3v) is 12.8. The molecule has 3 aromatic rings. The number of piperazine rings is 1. The van der Waals surface area contributed by atoms with Crippen LogP contribution in [0.15, 0.2) is 35.3 Å². The van der Waals surface area contributed by atoms with Crippen LogP contribution in [0.2, 0.25) is 0 Å². The summed E-state index contributed by atoms with van der Waals surface area (Å²) in [5.41, 5.74) is -3.12. The minimum absolute atomic E-state index is 0.0458. The number of carbonyl (C=O) groups excluding carboxylic acids is 1. The molecule has 13 nitrogen and oxygen atoms in total. The van der Waals surface area contributed by atoms with Gasteiger partial charge in [-0.2, -0.15) is 0 Å². The van der Waals surface area contributed by atoms with Gasteiger partial charge in [-0.1, -0.05) is 12.1 Å². The van der Waals surface area contributed by atoms with Crippen LogP contribution in [0.25, 0.3) is 10.9 Å². The minimum Gasteiger partial charge on any atom is -0.477 e. The molecule has 47 heavy (non-hydrogen) atoms. The van der Waals surface area contributed by atoms with E-state index in [2.05, 4.69) is 0 Å². The Morgan fingerprint density at radius 1 is 0.979 bits per heavy atom. The van der Waals surface area contributed by atoms with Gasteiger partial charge >= 0.3 is 19.7 Å². The van der Waals surface area contributed by atoms with Crippen LogP contribution < -0.4 is 15.1 Å². The van der Waals surface area contributed by atoms with Crippen molar-refractivity contribution >= 4 is 43.6 Å². The molecule has 1 amide bonds. The number of benzene rings is 2. The van der Waals surface area contributed by atoms with Gasteiger partial charge in [0.1, 0.15) is 22.4 Å². The SMILES string of the molecule is C[C@@H]1CN(c2c(F)c(F)c3c(=O)c(C(=O)O)cn(C4CC4)c3c2F)C[C@H](C)N1C(=O)Oc1ccc(CC(P(C)(=O)O)P(=O)(O)O)cc1. The van der Waals surface area contributed by atoms with Gasteiger partial charge in [0.25, 0.3) is 0 Å². The number of hydrogen-bond donors (Lipinski definition) is 4. The Morgan fingerprint density at radius 2 is 1.55 bits per heavy atom. The van der Waals surface area contributed by atoms with Gasteiger partial charge < -0.3 is 34.0 Å². The number of carboxylic acids is 1. The lowest BCUT2D eigenvalue weighted by atomic mass is 10.0. The van der Waals surface area contributed by atoms with E-state index in [9.17, 15) is 43.3 Å². The Balaban J connectivity index is 1.38. The number of anilines is 1. The zero-order valence-electron chi connectivity index (χ0n) is 25.3. The molecule has 1 saturated heterocycles. The number of pyridine rings is 1. The fourth-order valence-corrected chi connectivity index (χ4v) is 9.27. The highest BCUT2D eigenvalue weighted by molar-refractivity contribution is 7.73. The number of rotatable bonds is 8. The van der Waals surface area contributed by atoms with Crippen molar-refractivity contribution in [2.45, 2.75) is 56.6 Å². The molecule has 1 aliphatic carbocycles. The van der Waals surface area contributed by atoms with Crippen LogP contribution in [-0.2, 0) is 15.6 Å². The van der Waals surface area contributed by atoms with Gasteiger partial charge in [-0.15, -0.1) is 0 Å². The van der Waals surface area contributed by atoms with Gasteiger partial charge in [-0.25, -0.2) is 22.8 Å². The molecule has 2 fully saturated rings. The average molecular weight is 702 g/mol. The summed E-state index contributed by atoms with van der Waals surface area (Å²) in [5.74, 6) is -6.16. The normalized spacial score (nSPS) is 20.6. The second kappa shape index (κ2) is 12.4. The molecule has 2 heterocycles. The van der Waals surface area contributed by atoms with Crippen LogP contribution in [0.4, 0.5) is 23.7 Å². The molecule has 0 bridgehead atoms. The van der Waals surface area contributed by atoms with Crippen molar-refractivity contribution < 1.29 is 56.4 Å². The lowest BCUT2D eigenvalue weighted by Gasteiger charge is -2.44. The highest BCUT2D eigenvalue weighted by atomic mass is 31.2. The maximum absolute atomic E-state index is 16.2. The number of amides is 1. The van der Waals surface area contributed by atoms with E-state index in [1.807, 2.05) is 0 Å². The number of fused-ring (bicyclic) bond motifs is 1. The molecule has 5 rings (SSSR count). The number of hydrogen-bond acceptors (Lipinski definition) is 7. The highest BCUT2D eigenvalue weighted by Crippen LogP contribution is 2.61. The summed E-state index contributed by atoms with van der Waals surface area (Å²) < 4.78 is 77.6. The smallest absolute Gasteiger partial charge is 0.415 e. The van der Waals surface area contributed by atoms with Gasteiger partial charge in [0.05, 0.1) is 23.0 Å². The van der Waals surface area contributed by atoms with Gasteiger partial charge in [0, 0.05) is 32.0 Å². The lowest BCUT2D eigenvalue weighted by molar-refractivity contribution is 0.0694. The van der Waals surface area contributed by atoms with E-state index in [0.717, 1.165) is 12.9 Å². The molecule has 0 radical (unpaired) electrons. The summed E-state index contributed by atoms with van der Waals surface area (Å²) in [6.45, 7) is 3.69. The summed E-state index contributed by atoms with van der Waals surface area (Å²) >= 11 is 0. The topological polar surface area (TPSA) is 187 Å². The van der Waals surface area contributed by atoms with E-state index >= 15 is 13.2 Å². The third-order valence-electron chi connectivity index (χ3n) is 8.38. The lowest BCUT2D eigenvalue weighted by Crippen LogP contribution is -2.59. The Labute approximate surface area is 265 Å². The third kappa shape index (κ3) is 6.70. The molecule has 1 saturated carbocycles. The van der Waals surface area contributed by atoms with Crippen LogP contribution in [0, 0.1) is 17.5 Å². The molecule has 2 aliphatic rings. The number of aromatic carboxylic acids is 1. The molecule has 2 aromatic carbocycles. The maximum atomic E-state index is 16.2. The Morgan fingerprint density at radius 3 is 2.04 bits per heavy atom. The van der Waals surface area contributed by atoms with Gasteiger partial charge in [-0.05, 0) is 50.8 Å². The van der Waals surface area contributed by atoms with Gasteiger partial charge in [0.15, 0.2) is 17.5 Å². The first-order valence-corrected chi connectivity index (χ1v) is 18.3. The van der Waals surface area contributed by atoms with E-state index < -0.39 is 102 Å². The van der Waals surface area contributed by atoms with E-state index in [4.69, 9.17) is 4.74 Å². The molecule has 18 heteroatoms. The van der Waals surface area contributed by atoms with Crippen LogP contribution >= 0.6 is 15.0 Å². The molecular weight excluding hydrogens is 669 g/mol. The second-order valence-electron chi connectivity index (χ2n) is 12.1. The number of aromatic nitrogens is 1.